The SMILES string of the molecule is CCOC(=O)c1ccc(NC(C)CC(C)CC)c(N)c1. The van der Waals surface area contributed by atoms with E-state index in [9.17, 15) is 4.79 Å². The van der Waals surface area contributed by atoms with Crippen molar-refractivity contribution in [1.29, 1.82) is 0 Å². The van der Waals surface area contributed by atoms with Gasteiger partial charge in [0, 0.05) is 6.04 Å². The predicted octanol–water partition coefficient (Wildman–Crippen LogP) is 3.68. The van der Waals surface area contributed by atoms with E-state index in [1.165, 1.54) is 6.42 Å². The summed E-state index contributed by atoms with van der Waals surface area (Å²) in [4.78, 5) is 11.6. The number of rotatable bonds is 7. The van der Waals surface area contributed by atoms with E-state index in [-0.39, 0.29) is 5.97 Å². The van der Waals surface area contributed by atoms with Crippen LogP contribution in [0.1, 0.15) is 50.9 Å². The lowest BCUT2D eigenvalue weighted by molar-refractivity contribution is 0.0526. The van der Waals surface area contributed by atoms with Crippen molar-refractivity contribution in [3.05, 3.63) is 23.8 Å². The van der Waals surface area contributed by atoms with Crippen molar-refractivity contribution in [2.24, 2.45) is 5.92 Å². The monoisotopic (exact) mass is 278 g/mol. The number of nitrogen functional groups attached to an aromatic ring is 1. The van der Waals surface area contributed by atoms with Crippen molar-refractivity contribution < 1.29 is 9.53 Å². The highest BCUT2D eigenvalue weighted by Crippen LogP contribution is 2.23. The van der Waals surface area contributed by atoms with Crippen LogP contribution in [-0.4, -0.2) is 18.6 Å². The molecule has 20 heavy (non-hydrogen) atoms. The van der Waals surface area contributed by atoms with E-state index in [0.29, 0.717) is 29.8 Å². The van der Waals surface area contributed by atoms with Crippen LogP contribution in [-0.2, 0) is 4.74 Å². The molecule has 2 atom stereocenters. The molecule has 1 aromatic rings. The fraction of sp³-hybridized carbons (Fsp3) is 0.562. The first kappa shape index (κ1) is 16.3. The molecule has 0 aliphatic carbocycles. The lowest BCUT2D eigenvalue weighted by Crippen LogP contribution is -2.19. The van der Waals surface area contributed by atoms with E-state index in [1.807, 2.05) is 6.07 Å². The van der Waals surface area contributed by atoms with E-state index < -0.39 is 0 Å². The van der Waals surface area contributed by atoms with Gasteiger partial charge in [-0.3, -0.25) is 0 Å². The molecular weight excluding hydrogens is 252 g/mol. The molecule has 0 spiro atoms. The Labute approximate surface area is 121 Å². The van der Waals surface area contributed by atoms with Crippen LogP contribution in [0, 0.1) is 5.92 Å². The van der Waals surface area contributed by atoms with E-state index in [2.05, 4.69) is 26.1 Å². The fourth-order valence-corrected chi connectivity index (χ4v) is 2.13. The predicted molar refractivity (Wildman–Crippen MR) is 84.0 cm³/mol. The first-order chi connectivity index (χ1) is 9.47. The molecule has 3 N–H and O–H groups in total. The maximum Gasteiger partial charge on any atom is 0.338 e. The summed E-state index contributed by atoms with van der Waals surface area (Å²) >= 11 is 0. The second kappa shape index (κ2) is 7.78. The Hall–Kier alpha value is -1.71. The van der Waals surface area contributed by atoms with Crippen LogP contribution in [0.2, 0.25) is 0 Å². The number of carbonyl (C=O) groups excluding carboxylic acids is 1. The van der Waals surface area contributed by atoms with Gasteiger partial charge in [-0.05, 0) is 44.4 Å². The highest BCUT2D eigenvalue weighted by molar-refractivity contribution is 5.91. The molecule has 112 valence electrons. The second-order valence-electron chi connectivity index (χ2n) is 5.32. The van der Waals surface area contributed by atoms with E-state index in [0.717, 1.165) is 12.1 Å². The first-order valence-corrected chi connectivity index (χ1v) is 7.31. The van der Waals surface area contributed by atoms with Gasteiger partial charge in [0.1, 0.15) is 0 Å². The van der Waals surface area contributed by atoms with Gasteiger partial charge in [0.2, 0.25) is 0 Å². The Balaban J connectivity index is 2.71. The van der Waals surface area contributed by atoms with Crippen molar-refractivity contribution in [2.45, 2.75) is 46.6 Å². The van der Waals surface area contributed by atoms with Crippen molar-refractivity contribution >= 4 is 17.3 Å². The zero-order valence-corrected chi connectivity index (χ0v) is 12.9. The van der Waals surface area contributed by atoms with Crippen molar-refractivity contribution in [3.63, 3.8) is 0 Å². The Morgan fingerprint density at radius 1 is 1.35 bits per heavy atom. The minimum absolute atomic E-state index is 0.335. The number of benzene rings is 1. The highest BCUT2D eigenvalue weighted by Gasteiger charge is 2.11. The van der Waals surface area contributed by atoms with Gasteiger partial charge in [0.15, 0.2) is 0 Å². The van der Waals surface area contributed by atoms with Crippen LogP contribution in [0.3, 0.4) is 0 Å². The minimum atomic E-state index is -0.335. The maximum absolute atomic E-state index is 11.6. The number of nitrogens with one attached hydrogen (secondary N) is 1. The number of hydrogen-bond donors (Lipinski definition) is 2. The molecule has 4 nitrogen and oxygen atoms in total. The summed E-state index contributed by atoms with van der Waals surface area (Å²) < 4.78 is 4.96. The maximum atomic E-state index is 11.6. The number of ether oxygens (including phenoxy) is 1. The van der Waals surface area contributed by atoms with Crippen LogP contribution in [0.25, 0.3) is 0 Å². The summed E-state index contributed by atoms with van der Waals surface area (Å²) in [7, 11) is 0. The van der Waals surface area contributed by atoms with Crippen molar-refractivity contribution in [1.82, 2.24) is 0 Å². The summed E-state index contributed by atoms with van der Waals surface area (Å²) in [5.74, 6) is 0.343. The number of anilines is 2. The Morgan fingerprint density at radius 2 is 2.05 bits per heavy atom. The van der Waals surface area contributed by atoms with Gasteiger partial charge in [-0.2, -0.15) is 0 Å². The summed E-state index contributed by atoms with van der Waals surface area (Å²) in [6.07, 6.45) is 2.26. The smallest absolute Gasteiger partial charge is 0.338 e. The third kappa shape index (κ3) is 4.76. The second-order valence-corrected chi connectivity index (χ2v) is 5.32. The molecule has 0 heterocycles. The summed E-state index contributed by atoms with van der Waals surface area (Å²) in [5.41, 5.74) is 7.93. The van der Waals surface area contributed by atoms with Crippen molar-refractivity contribution in [2.75, 3.05) is 17.7 Å². The Morgan fingerprint density at radius 3 is 2.60 bits per heavy atom. The minimum Gasteiger partial charge on any atom is -0.462 e. The molecule has 0 saturated heterocycles. The number of nitrogens with two attached hydrogens (primary N) is 1. The third-order valence-electron chi connectivity index (χ3n) is 3.42. The molecule has 0 radical (unpaired) electrons. The molecule has 0 aromatic heterocycles. The van der Waals surface area contributed by atoms with Crippen LogP contribution >= 0.6 is 0 Å². The van der Waals surface area contributed by atoms with Crippen LogP contribution in [0.4, 0.5) is 11.4 Å². The van der Waals surface area contributed by atoms with Gasteiger partial charge < -0.3 is 15.8 Å². The molecule has 2 unspecified atom stereocenters. The quantitative estimate of drug-likeness (QED) is 0.590. The zero-order valence-electron chi connectivity index (χ0n) is 12.9. The molecule has 0 aliphatic rings. The summed E-state index contributed by atoms with van der Waals surface area (Å²) in [6, 6.07) is 5.60. The van der Waals surface area contributed by atoms with Crippen LogP contribution < -0.4 is 11.1 Å². The average Bonchev–Trinajstić information content (AvgIpc) is 2.41. The van der Waals surface area contributed by atoms with E-state index in [4.69, 9.17) is 10.5 Å². The standard InChI is InChI=1S/C16H26N2O2/c1-5-11(3)9-12(4)18-15-8-7-13(10-14(15)17)16(19)20-6-2/h7-8,10-12,18H,5-6,9,17H2,1-4H3. The van der Waals surface area contributed by atoms with Gasteiger partial charge in [-0.25, -0.2) is 4.79 Å². The van der Waals surface area contributed by atoms with Crippen LogP contribution in [0.15, 0.2) is 18.2 Å². The van der Waals surface area contributed by atoms with Gasteiger partial charge in [0.05, 0.1) is 23.5 Å². The van der Waals surface area contributed by atoms with E-state index in [1.54, 1.807) is 19.1 Å². The molecule has 1 aromatic carbocycles. The molecule has 0 bridgehead atoms. The van der Waals surface area contributed by atoms with Crippen molar-refractivity contribution in [3.8, 4) is 0 Å². The normalized spacial score (nSPS) is 13.6. The van der Waals surface area contributed by atoms with Crippen LogP contribution in [0.5, 0.6) is 0 Å². The number of carbonyl (C=O) groups is 1. The average molecular weight is 278 g/mol. The van der Waals surface area contributed by atoms with Gasteiger partial charge in [0.25, 0.3) is 0 Å². The number of hydrogen-bond acceptors (Lipinski definition) is 4. The largest absolute Gasteiger partial charge is 0.462 e. The molecular formula is C16H26N2O2. The molecule has 0 aliphatic heterocycles. The first-order valence-electron chi connectivity index (χ1n) is 7.31. The molecule has 1 rings (SSSR count). The van der Waals surface area contributed by atoms with Gasteiger partial charge >= 0.3 is 5.97 Å². The summed E-state index contributed by atoms with van der Waals surface area (Å²) in [6.45, 7) is 8.73. The van der Waals surface area contributed by atoms with Gasteiger partial charge in [-0.1, -0.05) is 20.3 Å². The third-order valence-corrected chi connectivity index (χ3v) is 3.42. The molecule has 0 fully saturated rings. The highest BCUT2D eigenvalue weighted by atomic mass is 16.5. The molecule has 0 amide bonds. The topological polar surface area (TPSA) is 64.3 Å². The Bertz CT molecular complexity index is 446. The lowest BCUT2D eigenvalue weighted by Gasteiger charge is -2.20. The summed E-state index contributed by atoms with van der Waals surface area (Å²) in [5, 5.41) is 3.40. The van der Waals surface area contributed by atoms with E-state index >= 15 is 0 Å². The Kier molecular flexibility index (Phi) is 6.36. The lowest BCUT2D eigenvalue weighted by atomic mass is 10.00. The zero-order chi connectivity index (χ0) is 15.1. The fourth-order valence-electron chi connectivity index (χ4n) is 2.13. The molecule has 4 heteroatoms. The number of esters is 1. The molecule has 0 saturated carbocycles. The van der Waals surface area contributed by atoms with Gasteiger partial charge in [-0.15, -0.1) is 0 Å².